The van der Waals surface area contributed by atoms with Crippen molar-refractivity contribution in [2.75, 3.05) is 0 Å². The van der Waals surface area contributed by atoms with Gasteiger partial charge in [0.05, 0.1) is 11.1 Å². The molecule has 1 aromatic heterocycles. The van der Waals surface area contributed by atoms with Crippen LogP contribution in [0.3, 0.4) is 0 Å². The molecule has 134 valence electrons. The van der Waals surface area contributed by atoms with Gasteiger partial charge < -0.3 is 9.52 Å². The van der Waals surface area contributed by atoms with Crippen LogP contribution in [0.2, 0.25) is 0 Å². The topological polar surface area (TPSA) is 67.5 Å². The van der Waals surface area contributed by atoms with Gasteiger partial charge in [0.25, 0.3) is 0 Å². The average Bonchev–Trinajstić information content (AvgIpc) is 3.25. The Morgan fingerprint density at radius 1 is 0.750 bits per heavy atom. The summed E-state index contributed by atoms with van der Waals surface area (Å²) in [4.78, 5) is 26.3. The molecule has 0 spiro atoms. The van der Waals surface area contributed by atoms with Crippen molar-refractivity contribution in [2.45, 2.75) is 0 Å². The standard InChI is InChI=1S/C24H14O4/c25-18-13-7-6-12-17(18)22(27)24-19(14-8-2-1-3-9-14)20-21(26)15-10-4-5-11-16(15)23(20)28-24/h1-13,25H. The van der Waals surface area contributed by atoms with Crippen LogP contribution in [0.4, 0.5) is 0 Å². The van der Waals surface area contributed by atoms with Crippen LogP contribution in [0.15, 0.2) is 83.3 Å². The lowest BCUT2D eigenvalue weighted by atomic mass is 9.95. The molecule has 4 nitrogen and oxygen atoms in total. The van der Waals surface area contributed by atoms with Crippen molar-refractivity contribution in [3.63, 3.8) is 0 Å². The van der Waals surface area contributed by atoms with Gasteiger partial charge in [0.2, 0.25) is 5.78 Å². The molecule has 0 aliphatic heterocycles. The van der Waals surface area contributed by atoms with Gasteiger partial charge in [-0.1, -0.05) is 66.7 Å². The molecule has 0 saturated carbocycles. The zero-order chi connectivity index (χ0) is 19.3. The molecule has 4 heteroatoms. The Balaban J connectivity index is 1.80. The van der Waals surface area contributed by atoms with E-state index in [2.05, 4.69) is 0 Å². The number of fused-ring (bicyclic) bond motifs is 3. The van der Waals surface area contributed by atoms with E-state index in [1.807, 2.05) is 42.5 Å². The summed E-state index contributed by atoms with van der Waals surface area (Å²) in [7, 11) is 0. The van der Waals surface area contributed by atoms with E-state index in [-0.39, 0.29) is 22.9 Å². The third kappa shape index (κ3) is 2.25. The van der Waals surface area contributed by atoms with Crippen molar-refractivity contribution in [1.82, 2.24) is 0 Å². The number of para-hydroxylation sites is 1. The van der Waals surface area contributed by atoms with E-state index in [9.17, 15) is 14.7 Å². The predicted octanol–water partition coefficient (Wildman–Crippen LogP) is 5.09. The van der Waals surface area contributed by atoms with Gasteiger partial charge in [-0.3, -0.25) is 9.59 Å². The average molecular weight is 366 g/mol. The fourth-order valence-electron chi connectivity index (χ4n) is 3.68. The fourth-order valence-corrected chi connectivity index (χ4v) is 3.68. The number of carbonyl (C=O) groups excluding carboxylic acids is 2. The van der Waals surface area contributed by atoms with Crippen LogP contribution in [0, 0.1) is 0 Å². The Kier molecular flexibility index (Phi) is 3.52. The number of rotatable bonds is 3. The number of aromatic hydroxyl groups is 1. The maximum absolute atomic E-state index is 13.2. The van der Waals surface area contributed by atoms with Crippen LogP contribution in [0.1, 0.15) is 32.0 Å². The SMILES string of the molecule is O=C(c1ccccc1O)c1oc2c(c1-c1ccccc1)C(=O)c1ccccc1-2. The summed E-state index contributed by atoms with van der Waals surface area (Å²) in [5.74, 6) is -0.297. The van der Waals surface area contributed by atoms with E-state index in [0.29, 0.717) is 33.6 Å². The highest BCUT2D eigenvalue weighted by Crippen LogP contribution is 2.46. The molecule has 1 aliphatic rings. The molecule has 3 aromatic carbocycles. The molecule has 28 heavy (non-hydrogen) atoms. The van der Waals surface area contributed by atoms with Crippen molar-refractivity contribution < 1.29 is 19.1 Å². The molecule has 1 N–H and O–H groups in total. The maximum Gasteiger partial charge on any atom is 0.232 e. The minimum absolute atomic E-state index is 0.0561. The van der Waals surface area contributed by atoms with Crippen molar-refractivity contribution >= 4 is 11.6 Å². The molecule has 1 heterocycles. The lowest BCUT2D eigenvalue weighted by Gasteiger charge is -2.06. The highest BCUT2D eigenvalue weighted by Gasteiger charge is 2.37. The molecular formula is C24H14O4. The lowest BCUT2D eigenvalue weighted by Crippen LogP contribution is -2.04. The number of phenolic OH excluding ortho intramolecular Hbond substituents is 1. The highest BCUT2D eigenvalue weighted by atomic mass is 16.4. The number of hydrogen-bond acceptors (Lipinski definition) is 4. The minimum Gasteiger partial charge on any atom is -0.507 e. The smallest absolute Gasteiger partial charge is 0.232 e. The van der Waals surface area contributed by atoms with Crippen molar-refractivity contribution in [3.8, 4) is 28.2 Å². The Labute approximate surface area is 160 Å². The number of carbonyl (C=O) groups is 2. The predicted molar refractivity (Wildman–Crippen MR) is 105 cm³/mol. The molecule has 0 amide bonds. The van der Waals surface area contributed by atoms with Gasteiger partial charge in [-0.05, 0) is 17.7 Å². The molecule has 5 rings (SSSR count). The normalized spacial score (nSPS) is 11.9. The van der Waals surface area contributed by atoms with E-state index in [1.165, 1.54) is 12.1 Å². The van der Waals surface area contributed by atoms with Crippen molar-refractivity contribution in [3.05, 3.63) is 101 Å². The molecule has 0 bridgehead atoms. The number of phenols is 1. The monoisotopic (exact) mass is 366 g/mol. The zero-order valence-corrected chi connectivity index (χ0v) is 14.7. The first-order valence-corrected chi connectivity index (χ1v) is 8.86. The second kappa shape index (κ2) is 6.06. The summed E-state index contributed by atoms with van der Waals surface area (Å²) in [6.07, 6.45) is 0. The number of benzene rings is 3. The van der Waals surface area contributed by atoms with Gasteiger partial charge in [-0.25, -0.2) is 0 Å². The minimum atomic E-state index is -0.461. The van der Waals surface area contributed by atoms with Crippen LogP contribution < -0.4 is 0 Å². The maximum atomic E-state index is 13.2. The molecule has 1 aliphatic carbocycles. The Morgan fingerprint density at radius 2 is 1.39 bits per heavy atom. The lowest BCUT2D eigenvalue weighted by molar-refractivity contribution is 0.101. The quantitative estimate of drug-likeness (QED) is 0.451. The first-order chi connectivity index (χ1) is 13.7. The van der Waals surface area contributed by atoms with Gasteiger partial charge in [0.15, 0.2) is 11.5 Å². The van der Waals surface area contributed by atoms with Crippen LogP contribution in [-0.4, -0.2) is 16.7 Å². The number of furan rings is 1. The van der Waals surface area contributed by atoms with E-state index >= 15 is 0 Å². The van der Waals surface area contributed by atoms with Crippen LogP contribution in [0.25, 0.3) is 22.5 Å². The summed E-state index contributed by atoms with van der Waals surface area (Å²) < 4.78 is 6.00. The fraction of sp³-hybridized carbons (Fsp3) is 0. The van der Waals surface area contributed by atoms with E-state index in [0.717, 1.165) is 0 Å². The third-order valence-electron chi connectivity index (χ3n) is 4.97. The van der Waals surface area contributed by atoms with E-state index < -0.39 is 5.78 Å². The zero-order valence-electron chi connectivity index (χ0n) is 14.7. The summed E-state index contributed by atoms with van der Waals surface area (Å²) in [5.41, 5.74) is 2.95. The second-order valence-corrected chi connectivity index (χ2v) is 6.60. The Morgan fingerprint density at radius 3 is 2.14 bits per heavy atom. The molecular weight excluding hydrogens is 352 g/mol. The van der Waals surface area contributed by atoms with Crippen LogP contribution in [0.5, 0.6) is 5.75 Å². The summed E-state index contributed by atoms with van der Waals surface area (Å²) in [6, 6.07) is 22.7. The first kappa shape index (κ1) is 16.3. The third-order valence-corrected chi connectivity index (χ3v) is 4.97. The van der Waals surface area contributed by atoms with Gasteiger partial charge >= 0.3 is 0 Å². The molecule has 0 atom stereocenters. The second-order valence-electron chi connectivity index (χ2n) is 6.60. The Hall–Kier alpha value is -3.92. The molecule has 0 saturated heterocycles. The number of ketones is 2. The summed E-state index contributed by atoms with van der Waals surface area (Å²) in [5, 5.41) is 10.1. The van der Waals surface area contributed by atoms with Gasteiger partial charge in [0, 0.05) is 16.7 Å². The van der Waals surface area contributed by atoms with E-state index in [1.54, 1.807) is 24.3 Å². The van der Waals surface area contributed by atoms with Gasteiger partial charge in [0.1, 0.15) is 11.5 Å². The first-order valence-electron chi connectivity index (χ1n) is 8.86. The van der Waals surface area contributed by atoms with Crippen molar-refractivity contribution in [2.24, 2.45) is 0 Å². The largest absolute Gasteiger partial charge is 0.507 e. The highest BCUT2D eigenvalue weighted by molar-refractivity contribution is 6.26. The van der Waals surface area contributed by atoms with Gasteiger partial charge in [-0.2, -0.15) is 0 Å². The molecule has 4 aromatic rings. The molecule has 0 unspecified atom stereocenters. The van der Waals surface area contributed by atoms with Crippen LogP contribution >= 0.6 is 0 Å². The van der Waals surface area contributed by atoms with Crippen molar-refractivity contribution in [1.29, 1.82) is 0 Å². The molecule has 0 fully saturated rings. The number of hydrogen-bond donors (Lipinski definition) is 1. The molecule has 0 radical (unpaired) electrons. The van der Waals surface area contributed by atoms with Gasteiger partial charge in [-0.15, -0.1) is 0 Å². The summed E-state index contributed by atoms with van der Waals surface area (Å²) >= 11 is 0. The van der Waals surface area contributed by atoms with E-state index in [4.69, 9.17) is 4.42 Å². The summed E-state index contributed by atoms with van der Waals surface area (Å²) in [6.45, 7) is 0. The van der Waals surface area contributed by atoms with Crippen LogP contribution in [-0.2, 0) is 0 Å². The Bertz CT molecular complexity index is 1250.